The largest absolute Gasteiger partial charge is 0.353 e. The predicted molar refractivity (Wildman–Crippen MR) is 105 cm³/mol. The van der Waals surface area contributed by atoms with Crippen molar-refractivity contribution in [2.75, 3.05) is 5.32 Å². The van der Waals surface area contributed by atoms with Gasteiger partial charge in [0.1, 0.15) is 5.52 Å². The first-order valence-electron chi connectivity index (χ1n) is 8.01. The number of nitrogens with zero attached hydrogens (tertiary/aromatic N) is 1. The Hall–Kier alpha value is -2.98. The molecule has 0 bridgehead atoms. The van der Waals surface area contributed by atoms with Gasteiger partial charge in [-0.25, -0.2) is 0 Å². The van der Waals surface area contributed by atoms with Gasteiger partial charge in [0, 0.05) is 22.8 Å². The van der Waals surface area contributed by atoms with Crippen molar-refractivity contribution < 1.29 is 4.79 Å². The highest BCUT2D eigenvalue weighted by Crippen LogP contribution is 2.34. The molecule has 0 unspecified atom stereocenters. The van der Waals surface area contributed by atoms with Crippen LogP contribution in [0.3, 0.4) is 0 Å². The summed E-state index contributed by atoms with van der Waals surface area (Å²) >= 11 is 1.59. The second-order valence-electron chi connectivity index (χ2n) is 5.85. The lowest BCUT2D eigenvalue weighted by Gasteiger charge is -2.13. The Kier molecular flexibility index (Phi) is 4.04. The Labute approximate surface area is 150 Å². The number of hydrogen-bond donors (Lipinski definition) is 1. The minimum atomic E-state index is 0.600. The van der Waals surface area contributed by atoms with Crippen molar-refractivity contribution >= 4 is 39.2 Å². The molecule has 0 radical (unpaired) electrons. The maximum atomic E-state index is 10.9. The van der Waals surface area contributed by atoms with Crippen LogP contribution in [-0.4, -0.2) is 11.3 Å². The number of hydrogen-bond acceptors (Lipinski definition) is 4. The zero-order chi connectivity index (χ0) is 17.2. The third-order valence-corrected chi connectivity index (χ3v) is 5.18. The van der Waals surface area contributed by atoms with Gasteiger partial charge in [-0.05, 0) is 35.7 Å². The van der Waals surface area contributed by atoms with Crippen molar-refractivity contribution in [2.45, 2.75) is 6.92 Å². The maximum Gasteiger partial charge on any atom is 0.151 e. The van der Waals surface area contributed by atoms with E-state index in [1.165, 1.54) is 16.7 Å². The van der Waals surface area contributed by atoms with E-state index < -0.39 is 0 Å². The van der Waals surface area contributed by atoms with E-state index in [4.69, 9.17) is 0 Å². The number of rotatable bonds is 4. The fraction of sp³-hybridized carbons (Fsp3) is 0.0476. The highest BCUT2D eigenvalue weighted by Gasteiger charge is 2.10. The van der Waals surface area contributed by atoms with Crippen LogP contribution in [0.2, 0.25) is 0 Å². The Morgan fingerprint density at radius 1 is 1.04 bits per heavy atom. The summed E-state index contributed by atoms with van der Waals surface area (Å²) in [5.41, 5.74) is 7.11. The van der Waals surface area contributed by atoms with E-state index in [0.717, 1.165) is 27.9 Å². The topological polar surface area (TPSA) is 42.0 Å². The van der Waals surface area contributed by atoms with E-state index >= 15 is 0 Å². The molecule has 0 atom stereocenters. The first-order valence-corrected chi connectivity index (χ1v) is 8.89. The number of aldehydes is 1. The quantitative estimate of drug-likeness (QED) is 0.474. The zero-order valence-electron chi connectivity index (χ0n) is 13.7. The lowest BCUT2D eigenvalue weighted by Crippen LogP contribution is -1.95. The summed E-state index contributed by atoms with van der Waals surface area (Å²) < 4.78 is 1.00. The average Bonchev–Trinajstić information content (AvgIpc) is 3.06. The fourth-order valence-electron chi connectivity index (χ4n) is 2.93. The standard InChI is InChI=1S/C21H16N2OS/c1-14-17(16-6-3-2-4-7-16)8-5-9-18(14)23-19-13-25-20-10-15(12-24)11-22-21(19)20/h2-13,23H,1H3. The highest BCUT2D eigenvalue weighted by atomic mass is 32.1. The lowest BCUT2D eigenvalue weighted by atomic mass is 9.99. The molecule has 1 N–H and O–H groups in total. The number of fused-ring (bicyclic) bond motifs is 1. The minimum absolute atomic E-state index is 0.600. The molecule has 4 rings (SSSR count). The first-order chi connectivity index (χ1) is 12.3. The second kappa shape index (κ2) is 6.49. The molecule has 2 aromatic carbocycles. The molecule has 0 aliphatic carbocycles. The van der Waals surface area contributed by atoms with Gasteiger partial charge in [0.25, 0.3) is 0 Å². The molecular formula is C21H16N2OS. The van der Waals surface area contributed by atoms with Gasteiger partial charge < -0.3 is 5.32 Å². The predicted octanol–water partition coefficient (Wildman–Crippen LogP) is 5.83. The molecule has 2 heterocycles. The number of aromatic nitrogens is 1. The Bertz CT molecular complexity index is 1050. The maximum absolute atomic E-state index is 10.9. The number of thiophene rings is 1. The van der Waals surface area contributed by atoms with E-state index in [1.807, 2.05) is 17.5 Å². The third-order valence-electron chi connectivity index (χ3n) is 4.26. The number of pyridine rings is 1. The van der Waals surface area contributed by atoms with Crippen molar-refractivity contribution in [3.63, 3.8) is 0 Å². The van der Waals surface area contributed by atoms with Crippen LogP contribution in [-0.2, 0) is 0 Å². The molecule has 0 aliphatic rings. The number of anilines is 2. The van der Waals surface area contributed by atoms with E-state index in [1.54, 1.807) is 17.5 Å². The Morgan fingerprint density at radius 2 is 1.88 bits per heavy atom. The van der Waals surface area contributed by atoms with E-state index in [9.17, 15) is 4.79 Å². The molecular weight excluding hydrogens is 328 g/mol. The van der Waals surface area contributed by atoms with Crippen LogP contribution in [0.25, 0.3) is 21.3 Å². The molecule has 2 aromatic heterocycles. The van der Waals surface area contributed by atoms with Crippen LogP contribution in [0.4, 0.5) is 11.4 Å². The van der Waals surface area contributed by atoms with Gasteiger partial charge in [0.2, 0.25) is 0 Å². The average molecular weight is 344 g/mol. The van der Waals surface area contributed by atoms with Crippen LogP contribution in [0, 0.1) is 6.92 Å². The van der Waals surface area contributed by atoms with Crippen molar-refractivity contribution in [1.82, 2.24) is 4.98 Å². The molecule has 4 heteroatoms. The van der Waals surface area contributed by atoms with Crippen LogP contribution >= 0.6 is 11.3 Å². The van der Waals surface area contributed by atoms with Crippen LogP contribution in [0.1, 0.15) is 15.9 Å². The molecule has 0 saturated heterocycles. The molecule has 0 aliphatic heterocycles. The molecule has 0 fully saturated rings. The van der Waals surface area contributed by atoms with Gasteiger partial charge in [-0.2, -0.15) is 0 Å². The summed E-state index contributed by atoms with van der Waals surface area (Å²) in [7, 11) is 0. The van der Waals surface area contributed by atoms with Gasteiger partial charge in [-0.15, -0.1) is 11.3 Å². The Balaban J connectivity index is 1.73. The van der Waals surface area contributed by atoms with Gasteiger partial charge >= 0.3 is 0 Å². The Morgan fingerprint density at radius 3 is 2.68 bits per heavy atom. The molecule has 122 valence electrons. The summed E-state index contributed by atoms with van der Waals surface area (Å²) in [6.07, 6.45) is 2.44. The zero-order valence-corrected chi connectivity index (χ0v) is 14.5. The molecule has 0 saturated carbocycles. The number of nitrogens with one attached hydrogen (secondary N) is 1. The van der Waals surface area contributed by atoms with E-state index in [2.05, 4.69) is 59.7 Å². The second-order valence-corrected chi connectivity index (χ2v) is 6.76. The lowest BCUT2D eigenvalue weighted by molar-refractivity contribution is 0.112. The highest BCUT2D eigenvalue weighted by molar-refractivity contribution is 7.17. The smallest absolute Gasteiger partial charge is 0.151 e. The van der Waals surface area contributed by atoms with Crippen molar-refractivity contribution in [2.24, 2.45) is 0 Å². The summed E-state index contributed by atoms with van der Waals surface area (Å²) in [6, 6.07) is 18.5. The number of carbonyl (C=O) groups is 1. The van der Waals surface area contributed by atoms with Crippen molar-refractivity contribution in [3.8, 4) is 11.1 Å². The molecule has 0 amide bonds. The third kappa shape index (κ3) is 2.92. The molecule has 4 aromatic rings. The van der Waals surface area contributed by atoms with E-state index in [-0.39, 0.29) is 0 Å². The molecule has 3 nitrogen and oxygen atoms in total. The number of carbonyl (C=O) groups excluding carboxylic acids is 1. The summed E-state index contributed by atoms with van der Waals surface area (Å²) in [6.45, 7) is 2.12. The van der Waals surface area contributed by atoms with Gasteiger partial charge in [0.15, 0.2) is 6.29 Å². The summed E-state index contributed by atoms with van der Waals surface area (Å²) in [4.78, 5) is 15.3. The van der Waals surface area contributed by atoms with Crippen molar-refractivity contribution in [3.05, 3.63) is 77.3 Å². The van der Waals surface area contributed by atoms with Gasteiger partial charge in [-0.3, -0.25) is 9.78 Å². The van der Waals surface area contributed by atoms with Crippen molar-refractivity contribution in [1.29, 1.82) is 0 Å². The summed E-state index contributed by atoms with van der Waals surface area (Å²) in [5.74, 6) is 0. The van der Waals surface area contributed by atoms with Gasteiger partial charge in [0.05, 0.1) is 10.4 Å². The molecule has 25 heavy (non-hydrogen) atoms. The van der Waals surface area contributed by atoms with Crippen LogP contribution in [0.15, 0.2) is 66.2 Å². The van der Waals surface area contributed by atoms with Crippen LogP contribution in [0.5, 0.6) is 0 Å². The fourth-order valence-corrected chi connectivity index (χ4v) is 3.82. The van der Waals surface area contributed by atoms with Crippen LogP contribution < -0.4 is 5.32 Å². The number of benzene rings is 2. The SMILES string of the molecule is Cc1c(Nc2csc3cc(C=O)cnc23)cccc1-c1ccccc1. The minimum Gasteiger partial charge on any atom is -0.353 e. The summed E-state index contributed by atoms with van der Waals surface area (Å²) in [5, 5.41) is 5.54. The normalized spacial score (nSPS) is 10.8. The molecule has 0 spiro atoms. The van der Waals surface area contributed by atoms with Gasteiger partial charge in [-0.1, -0.05) is 42.5 Å². The monoisotopic (exact) mass is 344 g/mol. The first kappa shape index (κ1) is 15.5. The van der Waals surface area contributed by atoms with E-state index in [0.29, 0.717) is 5.56 Å².